The summed E-state index contributed by atoms with van der Waals surface area (Å²) in [6.07, 6.45) is 1.47. The molecule has 6 heteroatoms. The van der Waals surface area contributed by atoms with Crippen molar-refractivity contribution in [3.63, 3.8) is 0 Å². The van der Waals surface area contributed by atoms with Crippen molar-refractivity contribution < 1.29 is 14.3 Å². The number of halogens is 1. The maximum absolute atomic E-state index is 13.6. The number of carboxylic acid groups (broad SMARTS) is 1. The lowest BCUT2D eigenvalue weighted by Gasteiger charge is -2.16. The van der Waals surface area contributed by atoms with Crippen LogP contribution in [-0.4, -0.2) is 21.2 Å². The third-order valence-corrected chi connectivity index (χ3v) is 1.78. The van der Waals surface area contributed by atoms with E-state index in [0.29, 0.717) is 5.56 Å². The number of hydrogen-bond acceptors (Lipinski definition) is 3. The van der Waals surface area contributed by atoms with Crippen molar-refractivity contribution in [2.75, 3.05) is 0 Å². The second-order valence-corrected chi connectivity index (χ2v) is 3.53. The number of amides is 1. The minimum atomic E-state index is -1.61. The summed E-state index contributed by atoms with van der Waals surface area (Å²) < 4.78 is 13.6. The molecule has 0 saturated heterocycles. The zero-order chi connectivity index (χ0) is 11.5. The van der Waals surface area contributed by atoms with Gasteiger partial charge in [0.15, 0.2) is 0 Å². The average Bonchev–Trinajstić information content (AvgIpc) is 2.13. The third-order valence-electron chi connectivity index (χ3n) is 1.78. The van der Waals surface area contributed by atoms with Crippen LogP contribution in [0.15, 0.2) is 12.5 Å². The number of hydrogen-bond donors (Lipinski definition) is 2. The lowest BCUT2D eigenvalue weighted by atomic mass is 10.0. The first kappa shape index (κ1) is 11.4. The number of nitrogens with one attached hydrogen (secondary N) is 1. The van der Waals surface area contributed by atoms with E-state index in [-0.39, 0.29) is 12.2 Å². The molecule has 1 aromatic rings. The van der Waals surface area contributed by atoms with Gasteiger partial charge in [-0.2, -0.15) is 0 Å². The van der Waals surface area contributed by atoms with Gasteiger partial charge in [-0.3, -0.25) is 0 Å². The third kappa shape index (κ3) is 3.16. The first-order valence-corrected chi connectivity index (χ1v) is 4.36. The molecule has 0 aliphatic heterocycles. The van der Waals surface area contributed by atoms with Crippen LogP contribution in [0.3, 0.4) is 0 Å². The minimum absolute atomic E-state index is 0.00113. The first-order valence-electron chi connectivity index (χ1n) is 4.36. The van der Waals surface area contributed by atoms with Crippen molar-refractivity contribution >= 4 is 6.09 Å². The van der Waals surface area contributed by atoms with Crippen LogP contribution in [0.5, 0.6) is 0 Å². The molecular weight excluding hydrogens is 201 g/mol. The van der Waals surface area contributed by atoms with Crippen molar-refractivity contribution in [3.8, 4) is 0 Å². The molecule has 0 spiro atoms. The monoisotopic (exact) mass is 213 g/mol. The van der Waals surface area contributed by atoms with Crippen LogP contribution in [0, 0.1) is 0 Å². The first-order chi connectivity index (χ1) is 6.91. The van der Waals surface area contributed by atoms with Crippen molar-refractivity contribution in [3.05, 3.63) is 23.8 Å². The highest BCUT2D eigenvalue weighted by Crippen LogP contribution is 2.24. The van der Waals surface area contributed by atoms with E-state index >= 15 is 0 Å². The van der Waals surface area contributed by atoms with E-state index in [1.54, 1.807) is 0 Å². The Morgan fingerprint density at radius 1 is 1.67 bits per heavy atom. The lowest BCUT2D eigenvalue weighted by Crippen LogP contribution is -2.24. The van der Waals surface area contributed by atoms with Crippen molar-refractivity contribution in [1.29, 1.82) is 0 Å². The molecule has 1 heterocycles. The van der Waals surface area contributed by atoms with Crippen LogP contribution in [-0.2, 0) is 12.2 Å². The molecule has 0 aromatic carbocycles. The van der Waals surface area contributed by atoms with Gasteiger partial charge in [0.2, 0.25) is 0 Å². The zero-order valence-corrected chi connectivity index (χ0v) is 8.49. The maximum Gasteiger partial charge on any atom is 0.404 e. The summed E-state index contributed by atoms with van der Waals surface area (Å²) in [7, 11) is 0. The van der Waals surface area contributed by atoms with Crippen molar-refractivity contribution in [1.82, 2.24) is 15.3 Å². The summed E-state index contributed by atoms with van der Waals surface area (Å²) >= 11 is 0. The zero-order valence-electron chi connectivity index (χ0n) is 8.49. The van der Waals surface area contributed by atoms with E-state index in [1.807, 2.05) is 0 Å². The summed E-state index contributed by atoms with van der Waals surface area (Å²) in [6.45, 7) is 2.72. The van der Waals surface area contributed by atoms with Crippen LogP contribution in [0.1, 0.15) is 25.1 Å². The molecule has 0 bridgehead atoms. The Morgan fingerprint density at radius 3 is 2.87 bits per heavy atom. The SMILES string of the molecule is CC(C)(F)c1ncncc1CNC(=O)O. The van der Waals surface area contributed by atoms with Crippen LogP contribution in [0.25, 0.3) is 0 Å². The summed E-state index contributed by atoms with van der Waals surface area (Å²) in [6, 6.07) is 0. The fourth-order valence-corrected chi connectivity index (χ4v) is 1.19. The molecule has 1 rings (SSSR count). The van der Waals surface area contributed by atoms with Gasteiger partial charge < -0.3 is 10.4 Å². The Bertz CT molecular complexity index is 363. The molecule has 2 N–H and O–H groups in total. The Balaban J connectivity index is 2.92. The van der Waals surface area contributed by atoms with E-state index in [0.717, 1.165) is 0 Å². The Morgan fingerprint density at radius 2 is 2.33 bits per heavy atom. The topological polar surface area (TPSA) is 75.1 Å². The lowest BCUT2D eigenvalue weighted by molar-refractivity contribution is 0.192. The summed E-state index contributed by atoms with van der Waals surface area (Å²) in [5.74, 6) is 0. The molecule has 0 atom stereocenters. The van der Waals surface area contributed by atoms with E-state index in [2.05, 4.69) is 15.3 Å². The van der Waals surface area contributed by atoms with Gasteiger partial charge in [0.05, 0.1) is 5.69 Å². The van der Waals surface area contributed by atoms with Crippen LogP contribution < -0.4 is 5.32 Å². The quantitative estimate of drug-likeness (QED) is 0.796. The van der Waals surface area contributed by atoms with E-state index in [4.69, 9.17) is 5.11 Å². The largest absolute Gasteiger partial charge is 0.465 e. The second kappa shape index (κ2) is 4.20. The van der Waals surface area contributed by atoms with Crippen molar-refractivity contribution in [2.45, 2.75) is 26.1 Å². The Kier molecular flexibility index (Phi) is 3.18. The smallest absolute Gasteiger partial charge is 0.404 e. The van der Waals surface area contributed by atoms with Gasteiger partial charge in [0.25, 0.3) is 0 Å². The molecule has 0 radical (unpaired) electrons. The predicted octanol–water partition coefficient (Wildman–Crippen LogP) is 1.45. The van der Waals surface area contributed by atoms with Gasteiger partial charge in [-0.25, -0.2) is 19.2 Å². The molecule has 82 valence electrons. The summed E-state index contributed by atoms with van der Waals surface area (Å²) in [4.78, 5) is 17.8. The Labute approximate surface area is 86.4 Å². The highest BCUT2D eigenvalue weighted by atomic mass is 19.1. The molecule has 0 aliphatic rings. The van der Waals surface area contributed by atoms with Crippen LogP contribution in [0.4, 0.5) is 9.18 Å². The molecule has 0 aliphatic carbocycles. The molecule has 15 heavy (non-hydrogen) atoms. The summed E-state index contributed by atoms with van der Waals surface area (Å²) in [5.41, 5.74) is -0.975. The number of carbonyl (C=O) groups is 1. The molecule has 1 amide bonds. The fourth-order valence-electron chi connectivity index (χ4n) is 1.19. The van der Waals surface area contributed by atoms with Crippen LogP contribution >= 0.6 is 0 Å². The highest BCUT2D eigenvalue weighted by Gasteiger charge is 2.24. The maximum atomic E-state index is 13.6. The molecular formula is C9H12FN3O2. The van der Waals surface area contributed by atoms with E-state index in [1.165, 1.54) is 26.4 Å². The van der Waals surface area contributed by atoms with Gasteiger partial charge >= 0.3 is 6.09 Å². The number of rotatable bonds is 3. The van der Waals surface area contributed by atoms with Gasteiger partial charge in [-0.1, -0.05) is 0 Å². The average molecular weight is 213 g/mol. The minimum Gasteiger partial charge on any atom is -0.465 e. The standard InChI is InChI=1S/C9H12FN3O2/c1-9(2,10)7-6(3-11-5-13-7)4-12-8(14)15/h3,5,12H,4H2,1-2H3,(H,14,15). The molecule has 1 aromatic heterocycles. The Hall–Kier alpha value is -1.72. The fraction of sp³-hybridized carbons (Fsp3) is 0.444. The van der Waals surface area contributed by atoms with Gasteiger partial charge in [-0.05, 0) is 13.8 Å². The summed E-state index contributed by atoms with van der Waals surface area (Å²) in [5, 5.41) is 10.6. The molecule has 0 unspecified atom stereocenters. The molecule has 5 nitrogen and oxygen atoms in total. The molecule has 0 fully saturated rings. The van der Waals surface area contributed by atoms with Crippen molar-refractivity contribution in [2.24, 2.45) is 0 Å². The van der Waals surface area contributed by atoms with Crippen LogP contribution in [0.2, 0.25) is 0 Å². The van der Waals surface area contributed by atoms with Gasteiger partial charge in [0, 0.05) is 18.3 Å². The van der Waals surface area contributed by atoms with Gasteiger partial charge in [0.1, 0.15) is 12.0 Å². The highest BCUT2D eigenvalue weighted by molar-refractivity contribution is 5.64. The number of aromatic nitrogens is 2. The van der Waals surface area contributed by atoms with E-state index < -0.39 is 11.8 Å². The predicted molar refractivity (Wildman–Crippen MR) is 51.0 cm³/mol. The van der Waals surface area contributed by atoms with E-state index in [9.17, 15) is 9.18 Å². The second-order valence-electron chi connectivity index (χ2n) is 3.53. The van der Waals surface area contributed by atoms with Gasteiger partial charge in [-0.15, -0.1) is 0 Å². The number of nitrogens with zero attached hydrogens (tertiary/aromatic N) is 2. The molecule has 0 saturated carbocycles. The normalized spacial score (nSPS) is 11.1. The number of alkyl halides is 1.